The third-order valence-corrected chi connectivity index (χ3v) is 4.76. The lowest BCUT2D eigenvalue weighted by Gasteiger charge is -2.24. The molecule has 0 fully saturated rings. The molecule has 0 saturated carbocycles. The largest absolute Gasteiger partial charge is 0.270 e. The van der Waals surface area contributed by atoms with E-state index >= 15 is 0 Å². The lowest BCUT2D eigenvalue weighted by atomic mass is 9.84. The van der Waals surface area contributed by atoms with Crippen molar-refractivity contribution in [2.24, 2.45) is 0 Å². The van der Waals surface area contributed by atoms with Gasteiger partial charge in [0, 0.05) is 0 Å². The third-order valence-electron chi connectivity index (χ3n) is 4.76. The molecule has 3 heteroatoms. The monoisotopic (exact) mass is 321 g/mol. The second-order valence-corrected chi connectivity index (χ2v) is 7.58. The summed E-state index contributed by atoms with van der Waals surface area (Å²) >= 11 is 0. The number of imide groups is 1. The molecular formula is C21H23NO2. The van der Waals surface area contributed by atoms with Gasteiger partial charge in [0.25, 0.3) is 11.8 Å². The Balaban J connectivity index is 1.96. The van der Waals surface area contributed by atoms with Gasteiger partial charge in [-0.2, -0.15) is 0 Å². The number of rotatable bonds is 2. The van der Waals surface area contributed by atoms with Crippen LogP contribution in [-0.4, -0.2) is 16.7 Å². The Morgan fingerprint density at radius 3 is 1.75 bits per heavy atom. The van der Waals surface area contributed by atoms with E-state index in [9.17, 15) is 9.59 Å². The normalized spacial score (nSPS) is 14.3. The Morgan fingerprint density at radius 1 is 0.875 bits per heavy atom. The van der Waals surface area contributed by atoms with Gasteiger partial charge in [0.1, 0.15) is 0 Å². The highest BCUT2D eigenvalue weighted by Crippen LogP contribution is 2.30. The second-order valence-electron chi connectivity index (χ2n) is 7.58. The Hall–Kier alpha value is -2.42. The third kappa shape index (κ3) is 2.64. The first-order chi connectivity index (χ1) is 11.2. The highest BCUT2D eigenvalue weighted by Gasteiger charge is 2.35. The van der Waals surface area contributed by atoms with E-state index in [1.165, 1.54) is 10.5 Å². The van der Waals surface area contributed by atoms with Crippen molar-refractivity contribution in [2.45, 2.75) is 46.6 Å². The summed E-state index contributed by atoms with van der Waals surface area (Å²) in [6, 6.07) is 11.4. The van der Waals surface area contributed by atoms with Gasteiger partial charge in [0.15, 0.2) is 0 Å². The average Bonchev–Trinajstić information content (AvgIpc) is 2.74. The highest BCUT2D eigenvalue weighted by molar-refractivity contribution is 6.21. The fourth-order valence-electron chi connectivity index (χ4n) is 3.22. The van der Waals surface area contributed by atoms with E-state index in [0.717, 1.165) is 16.7 Å². The minimum absolute atomic E-state index is 0.0730. The first-order valence-corrected chi connectivity index (χ1v) is 8.26. The van der Waals surface area contributed by atoms with E-state index < -0.39 is 0 Å². The lowest BCUT2D eigenvalue weighted by Crippen LogP contribution is -2.30. The van der Waals surface area contributed by atoms with Crippen LogP contribution < -0.4 is 0 Å². The van der Waals surface area contributed by atoms with Crippen molar-refractivity contribution in [3.8, 4) is 0 Å². The van der Waals surface area contributed by atoms with E-state index in [1.807, 2.05) is 0 Å². The Bertz CT molecular complexity index is 785. The second kappa shape index (κ2) is 5.59. The van der Waals surface area contributed by atoms with Crippen LogP contribution >= 0.6 is 0 Å². The van der Waals surface area contributed by atoms with Crippen molar-refractivity contribution in [3.05, 3.63) is 69.8 Å². The first kappa shape index (κ1) is 16.4. The fraction of sp³-hybridized carbons (Fsp3) is 0.333. The van der Waals surface area contributed by atoms with Crippen LogP contribution in [0.5, 0.6) is 0 Å². The molecule has 2 aromatic carbocycles. The van der Waals surface area contributed by atoms with E-state index in [-0.39, 0.29) is 17.2 Å². The number of fused-ring (bicyclic) bond motifs is 1. The van der Waals surface area contributed by atoms with E-state index in [4.69, 9.17) is 0 Å². The summed E-state index contributed by atoms with van der Waals surface area (Å²) in [5.74, 6) is -0.399. The summed E-state index contributed by atoms with van der Waals surface area (Å²) < 4.78 is 0. The predicted octanol–water partition coefficient (Wildman–Crippen LogP) is 4.40. The zero-order valence-electron chi connectivity index (χ0n) is 14.9. The minimum Gasteiger partial charge on any atom is -0.270 e. The zero-order chi connectivity index (χ0) is 17.6. The number of hydrogen-bond donors (Lipinski definition) is 0. The molecule has 0 spiro atoms. The molecule has 0 unspecified atom stereocenters. The maximum absolute atomic E-state index is 12.6. The molecule has 1 aliphatic heterocycles. The van der Waals surface area contributed by atoms with Crippen LogP contribution in [0.2, 0.25) is 0 Å². The molecule has 0 radical (unpaired) electrons. The molecule has 0 bridgehead atoms. The summed E-state index contributed by atoms with van der Waals surface area (Å²) in [5, 5.41) is 0. The van der Waals surface area contributed by atoms with Gasteiger partial charge in [0.05, 0.1) is 17.7 Å². The topological polar surface area (TPSA) is 37.4 Å². The van der Waals surface area contributed by atoms with E-state index in [2.05, 4.69) is 46.8 Å². The number of aryl methyl sites for hydroxylation is 2. The minimum atomic E-state index is -0.200. The highest BCUT2D eigenvalue weighted by atomic mass is 16.2. The smallest absolute Gasteiger partial charge is 0.261 e. The molecule has 0 aliphatic carbocycles. The van der Waals surface area contributed by atoms with Crippen molar-refractivity contribution in [2.75, 3.05) is 0 Å². The molecule has 0 atom stereocenters. The summed E-state index contributed by atoms with van der Waals surface area (Å²) in [6.07, 6.45) is 0. The number of benzene rings is 2. The van der Waals surface area contributed by atoms with Crippen LogP contribution in [0.3, 0.4) is 0 Å². The Morgan fingerprint density at radius 2 is 1.33 bits per heavy atom. The molecule has 1 aliphatic rings. The summed E-state index contributed by atoms with van der Waals surface area (Å²) in [6.45, 7) is 11.0. The van der Waals surface area contributed by atoms with E-state index in [0.29, 0.717) is 17.7 Å². The van der Waals surface area contributed by atoms with Gasteiger partial charge in [0.2, 0.25) is 0 Å². The van der Waals surface area contributed by atoms with Gasteiger partial charge in [-0.05, 0) is 53.6 Å². The van der Waals surface area contributed by atoms with Gasteiger partial charge >= 0.3 is 0 Å². The summed E-state index contributed by atoms with van der Waals surface area (Å²) in [5.41, 5.74) is 5.64. The predicted molar refractivity (Wildman–Crippen MR) is 95.3 cm³/mol. The maximum Gasteiger partial charge on any atom is 0.261 e. The quantitative estimate of drug-likeness (QED) is 0.769. The fourth-order valence-corrected chi connectivity index (χ4v) is 3.22. The maximum atomic E-state index is 12.6. The summed E-state index contributed by atoms with van der Waals surface area (Å²) in [4.78, 5) is 26.5. The van der Waals surface area contributed by atoms with Crippen molar-refractivity contribution < 1.29 is 9.59 Å². The van der Waals surface area contributed by atoms with Crippen LogP contribution in [0.4, 0.5) is 0 Å². The van der Waals surface area contributed by atoms with Crippen LogP contribution in [0, 0.1) is 13.8 Å². The molecule has 3 nitrogen and oxygen atoms in total. The van der Waals surface area contributed by atoms with Crippen molar-refractivity contribution in [1.29, 1.82) is 0 Å². The SMILES string of the molecule is Cc1cc(C(C)(C)C)cc(C)c1CN1C(=O)c2ccccc2C1=O. The molecule has 3 rings (SSSR count). The molecular weight excluding hydrogens is 298 g/mol. The van der Waals surface area contributed by atoms with Gasteiger partial charge in [-0.25, -0.2) is 0 Å². The molecule has 124 valence electrons. The number of hydrogen-bond acceptors (Lipinski definition) is 2. The van der Waals surface area contributed by atoms with Gasteiger partial charge in [-0.1, -0.05) is 45.0 Å². The number of carbonyl (C=O) groups excluding carboxylic acids is 2. The van der Waals surface area contributed by atoms with Crippen molar-refractivity contribution in [3.63, 3.8) is 0 Å². The molecule has 2 aromatic rings. The van der Waals surface area contributed by atoms with Crippen LogP contribution in [0.1, 0.15) is 63.7 Å². The number of nitrogens with zero attached hydrogens (tertiary/aromatic N) is 1. The van der Waals surface area contributed by atoms with Crippen LogP contribution in [0.15, 0.2) is 36.4 Å². The van der Waals surface area contributed by atoms with Crippen molar-refractivity contribution >= 4 is 11.8 Å². The number of carbonyl (C=O) groups is 2. The standard InChI is InChI=1S/C21H23NO2/c1-13-10-15(21(3,4)5)11-14(2)18(13)12-22-19(23)16-8-6-7-9-17(16)20(22)24/h6-11H,12H2,1-5H3. The zero-order valence-corrected chi connectivity index (χ0v) is 14.9. The molecule has 0 saturated heterocycles. The first-order valence-electron chi connectivity index (χ1n) is 8.26. The summed E-state index contributed by atoms with van der Waals surface area (Å²) in [7, 11) is 0. The molecule has 0 N–H and O–H groups in total. The molecule has 1 heterocycles. The number of amides is 2. The Kier molecular flexibility index (Phi) is 3.83. The van der Waals surface area contributed by atoms with Gasteiger partial charge in [-0.3, -0.25) is 14.5 Å². The molecule has 24 heavy (non-hydrogen) atoms. The Labute approximate surface area is 143 Å². The van der Waals surface area contributed by atoms with Gasteiger partial charge < -0.3 is 0 Å². The molecule has 0 aromatic heterocycles. The van der Waals surface area contributed by atoms with Gasteiger partial charge in [-0.15, -0.1) is 0 Å². The lowest BCUT2D eigenvalue weighted by molar-refractivity contribution is 0.0642. The van der Waals surface area contributed by atoms with Crippen LogP contribution in [-0.2, 0) is 12.0 Å². The van der Waals surface area contributed by atoms with Crippen LogP contribution in [0.25, 0.3) is 0 Å². The van der Waals surface area contributed by atoms with Crippen molar-refractivity contribution in [1.82, 2.24) is 4.90 Å². The average molecular weight is 321 g/mol. The van der Waals surface area contributed by atoms with E-state index in [1.54, 1.807) is 24.3 Å². The molecule has 2 amide bonds.